The van der Waals surface area contributed by atoms with Gasteiger partial charge in [0.05, 0.1) is 13.0 Å². The first kappa shape index (κ1) is 13.2. The van der Waals surface area contributed by atoms with Crippen molar-refractivity contribution >= 4 is 0 Å². The summed E-state index contributed by atoms with van der Waals surface area (Å²) in [5.74, 6) is 0.493. The largest absolute Gasteiger partial charge is 0.493 e. The maximum atomic E-state index is 12.0. The third kappa shape index (κ3) is 3.38. The molecule has 2 rings (SSSR count). The van der Waals surface area contributed by atoms with Gasteiger partial charge in [-0.3, -0.25) is 0 Å². The quantitative estimate of drug-likeness (QED) is 0.903. The normalized spacial score (nSPS) is 19.4. The number of nitrogens with two attached hydrogens (primary N) is 1. The van der Waals surface area contributed by atoms with E-state index in [2.05, 4.69) is 0 Å². The average molecular weight is 259 g/mol. The van der Waals surface area contributed by atoms with Crippen molar-refractivity contribution in [2.24, 2.45) is 5.73 Å². The van der Waals surface area contributed by atoms with Gasteiger partial charge in [-0.15, -0.1) is 0 Å². The first-order valence-electron chi connectivity index (χ1n) is 6.04. The van der Waals surface area contributed by atoms with Crippen LogP contribution < -0.4 is 10.5 Å². The molecule has 1 aliphatic rings. The van der Waals surface area contributed by atoms with E-state index in [9.17, 15) is 13.2 Å². The van der Waals surface area contributed by atoms with Crippen LogP contribution in [0.15, 0.2) is 18.2 Å². The van der Waals surface area contributed by atoms with Crippen molar-refractivity contribution in [3.05, 3.63) is 29.3 Å². The van der Waals surface area contributed by atoms with Crippen LogP contribution in [0.1, 0.15) is 36.4 Å². The fourth-order valence-electron chi connectivity index (χ4n) is 2.20. The van der Waals surface area contributed by atoms with Gasteiger partial charge in [0.1, 0.15) is 5.75 Å². The second kappa shape index (κ2) is 5.18. The molecule has 1 aromatic rings. The summed E-state index contributed by atoms with van der Waals surface area (Å²) in [7, 11) is 0. The molecule has 18 heavy (non-hydrogen) atoms. The minimum absolute atomic E-state index is 0.0398. The van der Waals surface area contributed by atoms with E-state index in [0.29, 0.717) is 5.75 Å². The highest BCUT2D eigenvalue weighted by Crippen LogP contribution is 2.30. The zero-order chi connectivity index (χ0) is 13.2. The number of benzene rings is 1. The molecule has 0 fully saturated rings. The summed E-state index contributed by atoms with van der Waals surface area (Å²) in [6.07, 6.45) is -2.21. The second-order valence-electron chi connectivity index (χ2n) is 4.57. The Kier molecular flexibility index (Phi) is 3.80. The number of rotatable bonds is 3. The lowest BCUT2D eigenvalue weighted by molar-refractivity contribution is -0.139. The molecule has 0 amide bonds. The van der Waals surface area contributed by atoms with E-state index in [4.69, 9.17) is 10.5 Å². The second-order valence-corrected chi connectivity index (χ2v) is 4.57. The molecule has 2 nitrogen and oxygen atoms in total. The first-order valence-corrected chi connectivity index (χ1v) is 6.04. The highest BCUT2D eigenvalue weighted by Gasteiger charge is 2.27. The van der Waals surface area contributed by atoms with Gasteiger partial charge in [-0.1, -0.05) is 6.07 Å². The Labute approximate surface area is 104 Å². The molecule has 1 atom stereocenters. The molecule has 0 saturated carbocycles. The maximum absolute atomic E-state index is 12.0. The molecule has 0 heterocycles. The summed E-state index contributed by atoms with van der Waals surface area (Å²) < 4.78 is 41.1. The van der Waals surface area contributed by atoms with Crippen LogP contribution in [0.4, 0.5) is 13.2 Å². The first-order chi connectivity index (χ1) is 8.46. The van der Waals surface area contributed by atoms with Crippen LogP contribution in [-0.2, 0) is 6.42 Å². The summed E-state index contributed by atoms with van der Waals surface area (Å²) in [5, 5.41) is 0. The molecule has 5 heteroatoms. The summed E-state index contributed by atoms with van der Waals surface area (Å²) >= 11 is 0. The van der Waals surface area contributed by atoms with E-state index in [1.165, 1.54) is 0 Å². The molecule has 2 N–H and O–H groups in total. The molecule has 0 spiro atoms. The Morgan fingerprint density at radius 2 is 2.11 bits per heavy atom. The van der Waals surface area contributed by atoms with Crippen LogP contribution in [-0.4, -0.2) is 12.8 Å². The summed E-state index contributed by atoms with van der Waals surface area (Å²) in [5.41, 5.74) is 8.15. The molecular formula is C13H16F3NO. The molecule has 1 aliphatic carbocycles. The third-order valence-corrected chi connectivity index (χ3v) is 3.13. The molecule has 100 valence electrons. The van der Waals surface area contributed by atoms with Gasteiger partial charge in [0.2, 0.25) is 0 Å². The van der Waals surface area contributed by atoms with Gasteiger partial charge in [-0.05, 0) is 42.5 Å². The SMILES string of the molecule is NC1CCCc2cc(OCCC(F)(F)F)ccc21. The van der Waals surface area contributed by atoms with Crippen molar-refractivity contribution in [2.45, 2.75) is 37.9 Å². The van der Waals surface area contributed by atoms with E-state index in [-0.39, 0.29) is 12.6 Å². The number of aryl methyl sites for hydroxylation is 1. The summed E-state index contributed by atoms with van der Waals surface area (Å²) in [6, 6.07) is 5.41. The Hall–Kier alpha value is -1.23. The number of halogens is 3. The molecule has 0 aliphatic heterocycles. The summed E-state index contributed by atoms with van der Waals surface area (Å²) in [4.78, 5) is 0. The lowest BCUT2D eigenvalue weighted by atomic mass is 9.88. The van der Waals surface area contributed by atoms with Gasteiger partial charge >= 0.3 is 6.18 Å². The fourth-order valence-corrected chi connectivity index (χ4v) is 2.20. The molecule has 1 aromatic carbocycles. The molecule has 0 radical (unpaired) electrons. The smallest absolute Gasteiger partial charge is 0.392 e. The Balaban J connectivity index is 1.99. The Morgan fingerprint density at radius 3 is 2.83 bits per heavy atom. The van der Waals surface area contributed by atoms with Gasteiger partial charge in [-0.2, -0.15) is 13.2 Å². The van der Waals surface area contributed by atoms with Crippen molar-refractivity contribution in [3.63, 3.8) is 0 Å². The maximum Gasteiger partial charge on any atom is 0.392 e. The minimum Gasteiger partial charge on any atom is -0.493 e. The molecule has 0 bridgehead atoms. The van der Waals surface area contributed by atoms with Crippen LogP contribution in [0.2, 0.25) is 0 Å². The number of hydrogen-bond donors (Lipinski definition) is 1. The lowest BCUT2D eigenvalue weighted by Crippen LogP contribution is -2.17. The van der Waals surface area contributed by atoms with Crippen molar-refractivity contribution in [1.82, 2.24) is 0 Å². The van der Waals surface area contributed by atoms with E-state index in [0.717, 1.165) is 30.4 Å². The predicted octanol–water partition coefficient (Wildman–Crippen LogP) is 3.35. The summed E-state index contributed by atoms with van der Waals surface area (Å²) in [6.45, 7) is -0.339. The molecule has 0 aromatic heterocycles. The van der Waals surface area contributed by atoms with Crippen LogP contribution >= 0.6 is 0 Å². The molecule has 0 saturated heterocycles. The third-order valence-electron chi connectivity index (χ3n) is 3.13. The number of ether oxygens (including phenoxy) is 1. The van der Waals surface area contributed by atoms with Crippen LogP contribution in [0, 0.1) is 0 Å². The van der Waals surface area contributed by atoms with Crippen LogP contribution in [0.3, 0.4) is 0 Å². The molecule has 1 unspecified atom stereocenters. The van der Waals surface area contributed by atoms with Crippen molar-refractivity contribution in [1.29, 1.82) is 0 Å². The van der Waals surface area contributed by atoms with Gasteiger partial charge in [0.25, 0.3) is 0 Å². The topological polar surface area (TPSA) is 35.2 Å². The highest BCUT2D eigenvalue weighted by atomic mass is 19.4. The van der Waals surface area contributed by atoms with Gasteiger partial charge < -0.3 is 10.5 Å². The lowest BCUT2D eigenvalue weighted by Gasteiger charge is -2.22. The Bertz CT molecular complexity index is 417. The van der Waals surface area contributed by atoms with Gasteiger partial charge in [0.15, 0.2) is 0 Å². The number of fused-ring (bicyclic) bond motifs is 1. The Morgan fingerprint density at radius 1 is 1.33 bits per heavy atom. The zero-order valence-electron chi connectivity index (χ0n) is 9.96. The average Bonchev–Trinajstić information content (AvgIpc) is 2.27. The highest BCUT2D eigenvalue weighted by molar-refractivity contribution is 5.38. The van der Waals surface area contributed by atoms with Crippen molar-refractivity contribution < 1.29 is 17.9 Å². The number of alkyl halides is 3. The number of hydrogen-bond acceptors (Lipinski definition) is 2. The molecular weight excluding hydrogens is 243 g/mol. The monoisotopic (exact) mass is 259 g/mol. The van der Waals surface area contributed by atoms with E-state index < -0.39 is 12.6 Å². The van der Waals surface area contributed by atoms with Crippen LogP contribution in [0.25, 0.3) is 0 Å². The van der Waals surface area contributed by atoms with Crippen molar-refractivity contribution in [2.75, 3.05) is 6.61 Å². The van der Waals surface area contributed by atoms with Crippen molar-refractivity contribution in [3.8, 4) is 5.75 Å². The standard InChI is InChI=1S/C13H16F3NO/c14-13(15,16)6-7-18-10-4-5-11-9(8-10)2-1-3-12(11)17/h4-5,8,12H,1-3,6-7,17H2. The minimum atomic E-state index is -4.17. The van der Waals surface area contributed by atoms with E-state index in [1.807, 2.05) is 12.1 Å². The van der Waals surface area contributed by atoms with Gasteiger partial charge in [0, 0.05) is 6.04 Å². The van der Waals surface area contributed by atoms with Crippen LogP contribution in [0.5, 0.6) is 5.75 Å². The van der Waals surface area contributed by atoms with Gasteiger partial charge in [-0.25, -0.2) is 0 Å². The predicted molar refractivity (Wildman–Crippen MR) is 62.5 cm³/mol. The fraction of sp³-hybridized carbons (Fsp3) is 0.538. The zero-order valence-corrected chi connectivity index (χ0v) is 9.96. The van der Waals surface area contributed by atoms with E-state index >= 15 is 0 Å². The van der Waals surface area contributed by atoms with E-state index in [1.54, 1.807) is 6.07 Å².